The first-order valence-corrected chi connectivity index (χ1v) is 11.3. The third-order valence-corrected chi connectivity index (χ3v) is 5.34. The van der Waals surface area contributed by atoms with Gasteiger partial charge < -0.3 is 15.5 Å². The van der Waals surface area contributed by atoms with E-state index in [0.29, 0.717) is 0 Å². The molecule has 3 atom stereocenters. The molecule has 2 aromatic heterocycles. The Morgan fingerprint density at radius 3 is 2.69 bits per heavy atom. The summed E-state index contributed by atoms with van der Waals surface area (Å²) < 4.78 is 24.7. The van der Waals surface area contributed by atoms with Gasteiger partial charge in [0.15, 0.2) is 5.13 Å². The summed E-state index contributed by atoms with van der Waals surface area (Å²) in [4.78, 5) is 20.4. The molecule has 158 valence electrons. The fourth-order valence-electron chi connectivity index (χ4n) is 2.51. The van der Waals surface area contributed by atoms with Gasteiger partial charge in [0.25, 0.3) is 5.91 Å². The minimum atomic E-state index is -3.53. The van der Waals surface area contributed by atoms with Crippen LogP contribution in [0.1, 0.15) is 30.3 Å². The van der Waals surface area contributed by atoms with Crippen molar-refractivity contribution >= 4 is 32.4 Å². The number of aromatic nitrogens is 2. The van der Waals surface area contributed by atoms with Crippen LogP contribution in [-0.4, -0.2) is 59.0 Å². The number of aliphatic hydroxyl groups excluding tert-OH is 2. The number of hydrogen-bond acceptors (Lipinski definition) is 9. The predicted octanol–water partition coefficient (Wildman–Crippen LogP) is 0.522. The molecule has 0 fully saturated rings. The van der Waals surface area contributed by atoms with Crippen molar-refractivity contribution in [3.63, 3.8) is 0 Å². The van der Waals surface area contributed by atoms with E-state index in [1.165, 1.54) is 5.38 Å². The molecule has 0 bridgehead atoms. The van der Waals surface area contributed by atoms with Crippen LogP contribution in [0.5, 0.6) is 0 Å². The number of aliphatic hydroxyl groups is 2. The number of anilines is 1. The van der Waals surface area contributed by atoms with E-state index in [0.717, 1.165) is 23.2 Å². The Kier molecular flexibility index (Phi) is 8.03. The molecule has 0 radical (unpaired) electrons. The molecular formula is C17H23N5O5S2. The highest BCUT2D eigenvalue weighted by Crippen LogP contribution is 2.18. The molecule has 10 nitrogen and oxygen atoms in total. The van der Waals surface area contributed by atoms with E-state index < -0.39 is 34.2 Å². The van der Waals surface area contributed by atoms with Gasteiger partial charge in [-0.3, -0.25) is 14.5 Å². The lowest BCUT2D eigenvalue weighted by molar-refractivity contribution is -0.00646. The molecule has 3 unspecified atom stereocenters. The number of pyridine rings is 1. The van der Waals surface area contributed by atoms with Crippen molar-refractivity contribution in [1.29, 1.82) is 5.26 Å². The number of carbonyl (C=O) groups excluding carboxylic acids is 1. The van der Waals surface area contributed by atoms with Crippen LogP contribution in [0.3, 0.4) is 0 Å². The molecular weight excluding hydrogens is 418 g/mol. The van der Waals surface area contributed by atoms with E-state index in [-0.39, 0.29) is 31.5 Å². The molecule has 12 heteroatoms. The smallest absolute Gasteiger partial charge is 0.271 e. The zero-order valence-corrected chi connectivity index (χ0v) is 17.2. The molecule has 29 heavy (non-hydrogen) atoms. The SMILES string of the molecule is CS(=O)(=O)Nc1nc(C(=O)NC(Cc2ccncc2)C(O)C(O)CCC#N)cs1.[HH]. The van der Waals surface area contributed by atoms with Gasteiger partial charge in [0, 0.05) is 25.6 Å². The van der Waals surface area contributed by atoms with Crippen LogP contribution in [0.25, 0.3) is 0 Å². The highest BCUT2D eigenvalue weighted by molar-refractivity contribution is 7.92. The summed E-state index contributed by atoms with van der Waals surface area (Å²) >= 11 is 0.943. The summed E-state index contributed by atoms with van der Waals surface area (Å²) in [7, 11) is -3.53. The molecule has 2 heterocycles. The highest BCUT2D eigenvalue weighted by Gasteiger charge is 2.29. The standard InChI is InChI=1S/C17H21N5O5S2.H2/c1-29(26,27)22-17-21-13(10-28-17)16(25)20-12(9-11-4-7-19-8-5-11)15(24)14(23)3-2-6-18;/h4-5,7-8,10,12,14-15,23-24H,2-3,9H2,1H3,(H,20,25)(H,21,22);1H. The lowest BCUT2D eigenvalue weighted by Crippen LogP contribution is -2.49. The van der Waals surface area contributed by atoms with Crippen molar-refractivity contribution in [3.8, 4) is 6.07 Å². The lowest BCUT2D eigenvalue weighted by Gasteiger charge is -2.27. The van der Waals surface area contributed by atoms with Crippen LogP contribution in [0, 0.1) is 11.3 Å². The number of nitrogens with one attached hydrogen (secondary N) is 2. The molecule has 2 rings (SSSR count). The maximum Gasteiger partial charge on any atom is 0.271 e. The normalized spacial score (nSPS) is 14.4. The molecule has 0 spiro atoms. The molecule has 4 N–H and O–H groups in total. The van der Waals surface area contributed by atoms with Crippen molar-refractivity contribution < 1.29 is 24.9 Å². The third kappa shape index (κ3) is 7.39. The Bertz CT molecular complexity index is 964. The summed E-state index contributed by atoms with van der Waals surface area (Å²) in [5, 5.41) is 33.4. The van der Waals surface area contributed by atoms with E-state index in [9.17, 15) is 23.4 Å². The fourth-order valence-corrected chi connectivity index (χ4v) is 4.05. The van der Waals surface area contributed by atoms with Crippen molar-refractivity contribution in [2.24, 2.45) is 0 Å². The average molecular weight is 442 g/mol. The van der Waals surface area contributed by atoms with Crippen LogP contribution >= 0.6 is 11.3 Å². The quantitative estimate of drug-likeness (QED) is 0.414. The number of thiazole rings is 1. The second kappa shape index (κ2) is 10.3. The van der Waals surface area contributed by atoms with Gasteiger partial charge in [-0.05, 0) is 30.5 Å². The van der Waals surface area contributed by atoms with E-state index in [1.807, 2.05) is 6.07 Å². The topological polar surface area (TPSA) is 165 Å². The predicted molar refractivity (Wildman–Crippen MR) is 109 cm³/mol. The maximum absolute atomic E-state index is 12.6. The van der Waals surface area contributed by atoms with Crippen LogP contribution < -0.4 is 10.0 Å². The third-order valence-electron chi connectivity index (χ3n) is 3.89. The van der Waals surface area contributed by atoms with E-state index in [1.54, 1.807) is 24.5 Å². The van der Waals surface area contributed by atoms with Gasteiger partial charge in [0.05, 0.1) is 24.5 Å². The lowest BCUT2D eigenvalue weighted by atomic mass is 9.96. The van der Waals surface area contributed by atoms with Crippen LogP contribution in [0.4, 0.5) is 5.13 Å². The summed E-state index contributed by atoms with van der Waals surface area (Å²) in [5.74, 6) is -0.631. The molecule has 0 aromatic carbocycles. The maximum atomic E-state index is 12.6. The largest absolute Gasteiger partial charge is 0.390 e. The number of sulfonamides is 1. The van der Waals surface area contributed by atoms with Crippen LogP contribution in [0.2, 0.25) is 0 Å². The van der Waals surface area contributed by atoms with Crippen LogP contribution in [-0.2, 0) is 16.4 Å². The van der Waals surface area contributed by atoms with Crippen molar-refractivity contribution in [1.82, 2.24) is 15.3 Å². The van der Waals surface area contributed by atoms with Gasteiger partial charge in [-0.25, -0.2) is 13.4 Å². The Balaban J connectivity index is 0.00000450. The van der Waals surface area contributed by atoms with Crippen LogP contribution in [0.15, 0.2) is 29.9 Å². The average Bonchev–Trinajstić information content (AvgIpc) is 3.12. The van der Waals surface area contributed by atoms with Gasteiger partial charge in [-0.2, -0.15) is 5.26 Å². The molecule has 0 aliphatic heterocycles. The minimum absolute atomic E-state index is 0. The molecule has 0 saturated heterocycles. The number of hydrogen-bond donors (Lipinski definition) is 4. The van der Waals surface area contributed by atoms with Crippen molar-refractivity contribution in [2.45, 2.75) is 37.5 Å². The number of amides is 1. The van der Waals surface area contributed by atoms with Gasteiger partial charge in [-0.1, -0.05) is 0 Å². The second-order valence-corrected chi connectivity index (χ2v) is 8.91. The number of nitriles is 1. The molecule has 1 amide bonds. The first-order chi connectivity index (χ1) is 13.7. The molecule has 0 aliphatic carbocycles. The highest BCUT2D eigenvalue weighted by atomic mass is 32.2. The fraction of sp³-hybridized carbons (Fsp3) is 0.412. The van der Waals surface area contributed by atoms with Crippen molar-refractivity contribution in [2.75, 3.05) is 11.0 Å². The zero-order valence-electron chi connectivity index (χ0n) is 15.5. The second-order valence-electron chi connectivity index (χ2n) is 6.31. The molecule has 0 saturated carbocycles. The first kappa shape index (κ1) is 22.7. The van der Waals surface area contributed by atoms with Gasteiger partial charge in [0.1, 0.15) is 11.8 Å². The first-order valence-electron chi connectivity index (χ1n) is 8.55. The molecule has 2 aromatic rings. The monoisotopic (exact) mass is 441 g/mol. The molecule has 0 aliphatic rings. The Morgan fingerprint density at radius 2 is 2.07 bits per heavy atom. The minimum Gasteiger partial charge on any atom is -0.390 e. The Morgan fingerprint density at radius 1 is 1.38 bits per heavy atom. The summed E-state index contributed by atoms with van der Waals surface area (Å²) in [6.07, 6.45) is 1.88. The summed E-state index contributed by atoms with van der Waals surface area (Å²) in [6.45, 7) is 0. The summed E-state index contributed by atoms with van der Waals surface area (Å²) in [6, 6.07) is 4.46. The summed E-state index contributed by atoms with van der Waals surface area (Å²) in [5.41, 5.74) is 0.745. The Hall–Kier alpha value is -2.59. The van der Waals surface area contributed by atoms with Gasteiger partial charge in [0.2, 0.25) is 10.0 Å². The van der Waals surface area contributed by atoms with Gasteiger partial charge in [-0.15, -0.1) is 11.3 Å². The van der Waals surface area contributed by atoms with Gasteiger partial charge >= 0.3 is 0 Å². The number of rotatable bonds is 10. The Labute approximate surface area is 173 Å². The van der Waals surface area contributed by atoms with E-state index in [4.69, 9.17) is 5.26 Å². The van der Waals surface area contributed by atoms with E-state index >= 15 is 0 Å². The van der Waals surface area contributed by atoms with Crippen molar-refractivity contribution in [3.05, 3.63) is 41.2 Å². The number of carbonyl (C=O) groups is 1. The zero-order chi connectivity index (χ0) is 21.4. The number of nitrogens with zero attached hydrogens (tertiary/aromatic N) is 3. The van der Waals surface area contributed by atoms with E-state index in [2.05, 4.69) is 20.0 Å².